The van der Waals surface area contributed by atoms with E-state index in [9.17, 15) is 5.26 Å². The molecule has 0 aliphatic heterocycles. The summed E-state index contributed by atoms with van der Waals surface area (Å²) in [6.45, 7) is 0. The number of furan rings is 1. The molecule has 0 atom stereocenters. The molecule has 0 aliphatic rings. The van der Waals surface area contributed by atoms with E-state index >= 15 is 0 Å². The number of rotatable bonds is 2. The van der Waals surface area contributed by atoms with Crippen LogP contribution in [0.3, 0.4) is 0 Å². The predicted molar refractivity (Wildman–Crippen MR) is 219 cm³/mol. The number of benzene rings is 8. The topological polar surface area (TPSA) is 67.6 Å². The molecule has 12 aromatic rings. The predicted octanol–water partition coefficient (Wildman–Crippen LogP) is 12.8. The van der Waals surface area contributed by atoms with Crippen molar-refractivity contribution < 1.29 is 4.42 Å². The van der Waals surface area contributed by atoms with Crippen molar-refractivity contribution in [3.8, 4) is 23.1 Å². The van der Waals surface area contributed by atoms with Crippen molar-refractivity contribution in [1.82, 2.24) is 14.5 Å². The fraction of sp³-hybridized carbons (Fsp3) is 0. The molecule has 0 saturated carbocycles. The monoisotopic (exact) mass is 692 g/mol. The Balaban J connectivity index is 1.30. The summed E-state index contributed by atoms with van der Waals surface area (Å²) in [6.07, 6.45) is 1.83. The van der Waals surface area contributed by atoms with Crippen LogP contribution in [0.5, 0.6) is 0 Å². The molecule has 6 heteroatoms. The highest BCUT2D eigenvalue weighted by atomic mass is 32.1. The fourth-order valence-corrected chi connectivity index (χ4v) is 9.98. The van der Waals surface area contributed by atoms with Crippen LogP contribution in [0.4, 0.5) is 0 Å². The highest BCUT2D eigenvalue weighted by Crippen LogP contribution is 2.51. The van der Waals surface area contributed by atoms with Crippen molar-refractivity contribution in [2.75, 3.05) is 0 Å². The molecule has 4 aromatic heterocycles. The third kappa shape index (κ3) is 3.73. The van der Waals surface area contributed by atoms with Crippen LogP contribution in [0, 0.1) is 11.3 Å². The van der Waals surface area contributed by atoms with Gasteiger partial charge in [0, 0.05) is 52.5 Å². The minimum Gasteiger partial charge on any atom is -0.455 e. The summed E-state index contributed by atoms with van der Waals surface area (Å²) in [7, 11) is 0. The molecule has 0 saturated heterocycles. The van der Waals surface area contributed by atoms with Crippen LogP contribution < -0.4 is 0 Å². The van der Waals surface area contributed by atoms with E-state index < -0.39 is 0 Å². The number of hydrogen-bond donors (Lipinski definition) is 0. The number of nitriles is 1. The summed E-state index contributed by atoms with van der Waals surface area (Å²) in [5, 5.41) is 24.7. The normalized spacial score (nSPS) is 12.1. The van der Waals surface area contributed by atoms with Gasteiger partial charge in [0.1, 0.15) is 22.9 Å². The summed E-state index contributed by atoms with van der Waals surface area (Å²) < 4.78 is 11.1. The zero-order chi connectivity index (χ0) is 34.8. The number of aromatic nitrogens is 3. The number of fused-ring (bicyclic) bond motifs is 18. The van der Waals surface area contributed by atoms with Gasteiger partial charge < -0.3 is 8.98 Å². The molecule has 0 radical (unpaired) electrons. The van der Waals surface area contributed by atoms with Gasteiger partial charge in [-0.05, 0) is 39.7 Å². The van der Waals surface area contributed by atoms with Crippen LogP contribution in [0.2, 0.25) is 0 Å². The van der Waals surface area contributed by atoms with E-state index in [0.717, 1.165) is 54.5 Å². The molecule has 0 spiro atoms. The lowest BCUT2D eigenvalue weighted by atomic mass is 9.94. The Bertz CT molecular complexity index is 3600. The Morgan fingerprint density at radius 2 is 1.15 bits per heavy atom. The largest absolute Gasteiger partial charge is 0.455 e. The van der Waals surface area contributed by atoms with E-state index in [0.29, 0.717) is 22.8 Å². The molecule has 0 N–H and O–H groups in total. The Labute approximate surface area is 305 Å². The van der Waals surface area contributed by atoms with Gasteiger partial charge in [-0.2, -0.15) is 5.26 Å². The highest BCUT2D eigenvalue weighted by molar-refractivity contribution is 7.27. The fourth-order valence-electron chi connectivity index (χ4n) is 8.73. The molecule has 4 heterocycles. The van der Waals surface area contributed by atoms with Crippen LogP contribution in [-0.2, 0) is 0 Å². The molecular formula is C47H24N4OS. The third-order valence-electron chi connectivity index (χ3n) is 10.9. The first-order valence-electron chi connectivity index (χ1n) is 17.6. The second-order valence-corrected chi connectivity index (χ2v) is 14.6. The Morgan fingerprint density at radius 3 is 1.94 bits per heavy atom. The van der Waals surface area contributed by atoms with Gasteiger partial charge in [-0.25, -0.2) is 9.97 Å². The third-order valence-corrected chi connectivity index (χ3v) is 12.1. The molecular weight excluding hydrogens is 669 g/mol. The van der Waals surface area contributed by atoms with E-state index in [2.05, 4.69) is 120 Å². The van der Waals surface area contributed by atoms with Crippen LogP contribution in [0.1, 0.15) is 5.69 Å². The van der Waals surface area contributed by atoms with Gasteiger partial charge in [0.05, 0.1) is 22.8 Å². The van der Waals surface area contributed by atoms with Crippen molar-refractivity contribution in [2.24, 2.45) is 0 Å². The number of hydrogen-bond acceptors (Lipinski definition) is 5. The van der Waals surface area contributed by atoms with Gasteiger partial charge in [-0.1, -0.05) is 121 Å². The molecule has 0 unspecified atom stereocenters. The maximum Gasteiger partial charge on any atom is 0.168 e. The Morgan fingerprint density at radius 1 is 0.547 bits per heavy atom. The quantitative estimate of drug-likeness (QED) is 0.169. The standard InChI is InChI=1S/C47H24N4OS/c48-24-36-37(25-49-47(50-36)35-21-11-20-32-28-14-7-9-22-38(28)52-45(32)35)51-43-31-17-5-2-13-27(31)26-12-1-3-15-29(26)40(43)41-30-16-4-6-18-33(30)46-42(44(41)51)34-19-8-10-23-39(34)53-46/h1-23,25H. The van der Waals surface area contributed by atoms with E-state index in [1.165, 1.54) is 41.7 Å². The van der Waals surface area contributed by atoms with Crippen LogP contribution in [0.25, 0.3) is 113 Å². The zero-order valence-corrected chi connectivity index (χ0v) is 28.8. The SMILES string of the molecule is N#Cc1nc(-c2cccc3c2oc2ccccc23)ncc1-n1c2c3ccccc3c3ccccc3c2c2c3ccccc3c3sc4ccccc4c3c21. The molecule has 0 aliphatic carbocycles. The van der Waals surface area contributed by atoms with Crippen LogP contribution in [0.15, 0.2) is 150 Å². The van der Waals surface area contributed by atoms with Crippen LogP contribution >= 0.6 is 11.3 Å². The molecule has 244 valence electrons. The zero-order valence-electron chi connectivity index (χ0n) is 28.0. The van der Waals surface area contributed by atoms with Gasteiger partial charge in [0.25, 0.3) is 0 Å². The molecule has 8 aromatic carbocycles. The second kappa shape index (κ2) is 10.5. The van der Waals surface area contributed by atoms with Crippen molar-refractivity contribution in [2.45, 2.75) is 0 Å². The van der Waals surface area contributed by atoms with Crippen LogP contribution in [-0.4, -0.2) is 14.5 Å². The number of para-hydroxylation sites is 2. The second-order valence-electron chi connectivity index (χ2n) is 13.5. The summed E-state index contributed by atoms with van der Waals surface area (Å²) in [5.74, 6) is 0.447. The number of nitrogens with zero attached hydrogens (tertiary/aromatic N) is 4. The molecule has 12 rings (SSSR count). The first kappa shape index (κ1) is 28.6. The van der Waals surface area contributed by atoms with Gasteiger partial charge in [-0.15, -0.1) is 11.3 Å². The lowest BCUT2D eigenvalue weighted by Gasteiger charge is -2.14. The molecule has 0 bridgehead atoms. The van der Waals surface area contributed by atoms with E-state index in [1.807, 2.05) is 47.9 Å². The number of thiophene rings is 1. The summed E-state index contributed by atoms with van der Waals surface area (Å²) >= 11 is 1.82. The average molecular weight is 693 g/mol. The van der Waals surface area contributed by atoms with E-state index in [1.54, 1.807) is 0 Å². The first-order valence-corrected chi connectivity index (χ1v) is 18.4. The average Bonchev–Trinajstić information content (AvgIpc) is 3.91. The maximum atomic E-state index is 11.0. The van der Waals surface area contributed by atoms with Gasteiger partial charge in [-0.3, -0.25) is 0 Å². The molecule has 53 heavy (non-hydrogen) atoms. The Hall–Kier alpha value is -7.07. The molecule has 5 nitrogen and oxygen atoms in total. The van der Waals surface area contributed by atoms with Gasteiger partial charge in [0.2, 0.25) is 0 Å². The lowest BCUT2D eigenvalue weighted by Crippen LogP contribution is -2.04. The lowest BCUT2D eigenvalue weighted by molar-refractivity contribution is 0.669. The van der Waals surface area contributed by atoms with Gasteiger partial charge in [0.15, 0.2) is 11.5 Å². The van der Waals surface area contributed by atoms with Crippen molar-refractivity contribution in [3.63, 3.8) is 0 Å². The summed E-state index contributed by atoms with van der Waals surface area (Å²) in [6, 6.07) is 51.2. The highest BCUT2D eigenvalue weighted by Gasteiger charge is 2.27. The van der Waals surface area contributed by atoms with Crippen molar-refractivity contribution in [3.05, 3.63) is 151 Å². The van der Waals surface area contributed by atoms with Crippen molar-refractivity contribution >= 4 is 108 Å². The minimum absolute atomic E-state index is 0.292. The first-order chi connectivity index (χ1) is 26.3. The smallest absolute Gasteiger partial charge is 0.168 e. The summed E-state index contributed by atoms with van der Waals surface area (Å²) in [4.78, 5) is 10.1. The van der Waals surface area contributed by atoms with E-state index in [-0.39, 0.29) is 0 Å². The summed E-state index contributed by atoms with van der Waals surface area (Å²) in [5.41, 5.74) is 5.28. The van der Waals surface area contributed by atoms with Gasteiger partial charge >= 0.3 is 0 Å². The van der Waals surface area contributed by atoms with Crippen molar-refractivity contribution in [1.29, 1.82) is 5.26 Å². The molecule has 0 amide bonds. The molecule has 0 fully saturated rings. The Kier molecular flexibility index (Phi) is 5.66. The van der Waals surface area contributed by atoms with E-state index in [4.69, 9.17) is 14.4 Å². The minimum atomic E-state index is 0.292. The maximum absolute atomic E-state index is 11.0.